The largest absolute Gasteiger partial charge is 0.146 e. The van der Waals surface area contributed by atoms with Crippen LogP contribution in [0.3, 0.4) is 0 Å². The normalized spacial score (nSPS) is 14.4. The van der Waals surface area contributed by atoms with Gasteiger partial charge in [-0.2, -0.15) is 0 Å². The molecular weight excluding hydrogens is 352 g/mol. The summed E-state index contributed by atoms with van der Waals surface area (Å²) in [6, 6.07) is 0. The summed E-state index contributed by atoms with van der Waals surface area (Å²) in [7, 11) is 0. The molecule has 20 heavy (non-hydrogen) atoms. The first-order valence-electron chi connectivity index (χ1n) is 7.98. The van der Waals surface area contributed by atoms with Crippen molar-refractivity contribution in [3.8, 4) is 0 Å². The van der Waals surface area contributed by atoms with Gasteiger partial charge in [0.2, 0.25) is 0 Å². The van der Waals surface area contributed by atoms with Gasteiger partial charge in [-0.1, -0.05) is 77.3 Å². The van der Waals surface area contributed by atoms with Gasteiger partial charge in [-0.15, -0.1) is 11.3 Å². The Bertz CT molecular complexity index is 388. The highest BCUT2D eigenvalue weighted by molar-refractivity contribution is 9.10. The molecule has 0 nitrogen and oxygen atoms in total. The van der Waals surface area contributed by atoms with Crippen molar-refractivity contribution in [2.75, 3.05) is 0 Å². The number of hydrogen-bond donors (Lipinski definition) is 0. The topological polar surface area (TPSA) is 0 Å². The highest BCUT2D eigenvalue weighted by atomic mass is 79.9. The van der Waals surface area contributed by atoms with Gasteiger partial charge in [0.1, 0.15) is 0 Å². The zero-order valence-corrected chi connectivity index (χ0v) is 16.3. The summed E-state index contributed by atoms with van der Waals surface area (Å²) >= 11 is 11.9. The van der Waals surface area contributed by atoms with E-state index in [9.17, 15) is 0 Å². The van der Waals surface area contributed by atoms with E-state index in [1.54, 1.807) is 0 Å². The fourth-order valence-corrected chi connectivity index (χ4v) is 4.92. The van der Waals surface area contributed by atoms with E-state index in [4.69, 9.17) is 11.6 Å². The van der Waals surface area contributed by atoms with Crippen LogP contribution in [0.25, 0.3) is 0 Å². The highest BCUT2D eigenvalue weighted by Gasteiger charge is 2.30. The van der Waals surface area contributed by atoms with Crippen LogP contribution in [0, 0.1) is 0 Å². The van der Waals surface area contributed by atoms with Crippen molar-refractivity contribution in [2.45, 2.75) is 84.0 Å². The average Bonchev–Trinajstić information content (AvgIpc) is 2.76. The Morgan fingerprint density at radius 1 is 1.05 bits per heavy atom. The standard InChI is InChI=1S/C17H28BrClS/c1-4-6-8-10-12-17(3,11-9-7-5-2)16-15(19)14(18)13-20-16/h13H,4-12H2,1-3H3. The van der Waals surface area contributed by atoms with Crippen LogP contribution >= 0.6 is 38.9 Å². The molecule has 0 bridgehead atoms. The van der Waals surface area contributed by atoms with Crippen molar-refractivity contribution in [2.24, 2.45) is 0 Å². The van der Waals surface area contributed by atoms with Crippen molar-refractivity contribution in [3.63, 3.8) is 0 Å². The maximum atomic E-state index is 6.51. The Labute approximate surface area is 142 Å². The van der Waals surface area contributed by atoms with Crippen LogP contribution in [0.4, 0.5) is 0 Å². The molecule has 0 saturated carbocycles. The fourth-order valence-electron chi connectivity index (χ4n) is 2.79. The first kappa shape index (κ1) is 18.5. The van der Waals surface area contributed by atoms with Gasteiger partial charge in [-0.3, -0.25) is 0 Å². The molecule has 0 aliphatic rings. The molecule has 0 fully saturated rings. The predicted molar refractivity (Wildman–Crippen MR) is 97.3 cm³/mol. The number of hydrogen-bond acceptors (Lipinski definition) is 1. The summed E-state index contributed by atoms with van der Waals surface area (Å²) in [6.07, 6.45) is 11.8. The molecule has 0 saturated heterocycles. The molecule has 0 aromatic carbocycles. The second-order valence-corrected chi connectivity index (χ2v) is 8.17. The molecule has 1 heterocycles. The molecule has 0 aliphatic heterocycles. The van der Waals surface area contributed by atoms with Crippen molar-refractivity contribution >= 4 is 38.9 Å². The van der Waals surface area contributed by atoms with Gasteiger partial charge in [-0.05, 0) is 28.8 Å². The Kier molecular flexibility index (Phi) is 8.78. The third-order valence-electron chi connectivity index (χ3n) is 4.15. The average molecular weight is 380 g/mol. The Balaban J connectivity index is 2.74. The summed E-state index contributed by atoms with van der Waals surface area (Å²) in [5, 5.41) is 3.09. The molecule has 1 rings (SSSR count). The van der Waals surface area contributed by atoms with E-state index < -0.39 is 0 Å². The van der Waals surface area contributed by atoms with Crippen molar-refractivity contribution in [1.82, 2.24) is 0 Å². The Morgan fingerprint density at radius 2 is 1.60 bits per heavy atom. The lowest BCUT2D eigenvalue weighted by Crippen LogP contribution is -2.21. The van der Waals surface area contributed by atoms with E-state index in [-0.39, 0.29) is 5.41 Å². The minimum absolute atomic E-state index is 0.261. The van der Waals surface area contributed by atoms with Crippen LogP contribution in [-0.4, -0.2) is 0 Å². The van der Waals surface area contributed by atoms with Crippen molar-refractivity contribution in [3.05, 3.63) is 19.8 Å². The molecule has 1 unspecified atom stereocenters. The lowest BCUT2D eigenvalue weighted by atomic mass is 9.78. The van der Waals surface area contributed by atoms with Gasteiger partial charge in [-0.25, -0.2) is 0 Å². The Hall–Kier alpha value is 0.470. The van der Waals surface area contributed by atoms with Gasteiger partial charge < -0.3 is 0 Å². The number of unbranched alkanes of at least 4 members (excludes halogenated alkanes) is 5. The van der Waals surface area contributed by atoms with Crippen LogP contribution in [0.1, 0.15) is 83.4 Å². The molecule has 1 aromatic heterocycles. The molecule has 0 aliphatic carbocycles. The third-order valence-corrected chi connectivity index (χ3v) is 7.10. The smallest absolute Gasteiger partial charge is 0.0692 e. The zero-order valence-electron chi connectivity index (χ0n) is 13.1. The van der Waals surface area contributed by atoms with E-state index in [0.717, 1.165) is 9.50 Å². The highest BCUT2D eigenvalue weighted by Crippen LogP contribution is 2.45. The summed E-state index contributed by atoms with van der Waals surface area (Å²) < 4.78 is 1.06. The van der Waals surface area contributed by atoms with Crippen LogP contribution in [0.5, 0.6) is 0 Å². The molecule has 1 aromatic rings. The minimum Gasteiger partial charge on any atom is -0.146 e. The summed E-state index contributed by atoms with van der Waals surface area (Å²) in [5.41, 5.74) is 0.261. The fraction of sp³-hybridized carbons (Fsp3) is 0.765. The molecule has 3 heteroatoms. The maximum absolute atomic E-state index is 6.51. The quantitative estimate of drug-likeness (QED) is 0.361. The molecule has 116 valence electrons. The van der Waals surface area contributed by atoms with Gasteiger partial charge in [0.15, 0.2) is 0 Å². The van der Waals surface area contributed by atoms with Gasteiger partial charge >= 0.3 is 0 Å². The monoisotopic (exact) mass is 378 g/mol. The van der Waals surface area contributed by atoms with Crippen LogP contribution < -0.4 is 0 Å². The molecule has 0 radical (unpaired) electrons. The van der Waals surface area contributed by atoms with Crippen LogP contribution in [-0.2, 0) is 5.41 Å². The molecule has 1 atom stereocenters. The third kappa shape index (κ3) is 5.35. The van der Waals surface area contributed by atoms with E-state index >= 15 is 0 Å². The number of rotatable bonds is 10. The summed E-state index contributed by atoms with van der Waals surface area (Å²) in [5.74, 6) is 0. The van der Waals surface area contributed by atoms with E-state index in [1.165, 1.54) is 62.7 Å². The van der Waals surface area contributed by atoms with Crippen molar-refractivity contribution in [1.29, 1.82) is 0 Å². The first-order valence-corrected chi connectivity index (χ1v) is 10.0. The maximum Gasteiger partial charge on any atom is 0.0692 e. The molecule has 0 N–H and O–H groups in total. The lowest BCUT2D eigenvalue weighted by molar-refractivity contribution is 0.372. The van der Waals surface area contributed by atoms with Gasteiger partial charge in [0.25, 0.3) is 0 Å². The predicted octanol–water partition coefficient (Wildman–Crippen LogP) is 7.97. The lowest BCUT2D eigenvalue weighted by Gasteiger charge is -2.29. The molecule has 0 amide bonds. The minimum atomic E-state index is 0.261. The van der Waals surface area contributed by atoms with Crippen molar-refractivity contribution < 1.29 is 0 Å². The molecule has 0 spiro atoms. The molecular formula is C17H28BrClS. The second kappa shape index (κ2) is 9.48. The number of halogens is 2. The van der Waals surface area contributed by atoms with Gasteiger partial charge in [0, 0.05) is 20.1 Å². The Morgan fingerprint density at radius 3 is 2.10 bits per heavy atom. The summed E-state index contributed by atoms with van der Waals surface area (Å²) in [4.78, 5) is 1.39. The van der Waals surface area contributed by atoms with Crippen LogP contribution in [0.2, 0.25) is 5.02 Å². The number of thiophene rings is 1. The second-order valence-electron chi connectivity index (χ2n) is 6.06. The summed E-state index contributed by atoms with van der Waals surface area (Å²) in [6.45, 7) is 6.96. The SMILES string of the molecule is CCCCCCC(C)(CCCCC)c1scc(Br)c1Cl. The van der Waals surface area contributed by atoms with E-state index in [1.807, 2.05) is 11.3 Å². The first-order chi connectivity index (χ1) is 9.55. The van der Waals surface area contributed by atoms with Gasteiger partial charge in [0.05, 0.1) is 5.02 Å². The van der Waals surface area contributed by atoms with E-state index in [2.05, 4.69) is 42.1 Å². The zero-order chi connectivity index (χ0) is 15.0. The van der Waals surface area contributed by atoms with Crippen LogP contribution in [0.15, 0.2) is 9.85 Å². The van der Waals surface area contributed by atoms with E-state index in [0.29, 0.717) is 0 Å².